The zero-order valence-corrected chi connectivity index (χ0v) is 17.6. The number of carbonyl (C=O) groups is 3. The van der Waals surface area contributed by atoms with E-state index in [0.29, 0.717) is 0 Å². The summed E-state index contributed by atoms with van der Waals surface area (Å²) in [4.78, 5) is 37.9. The number of carboxylic acid groups (broad SMARTS) is 1. The van der Waals surface area contributed by atoms with Crippen molar-refractivity contribution in [3.8, 4) is 0 Å². The first-order valence-electron chi connectivity index (χ1n) is 11.5. The standard InChI is InChI=1S/C21H32N2O6/c1-20(2,3)28-18(26)15(17(22)14-10-8-7-9-11-14)12-23(13-16(24)25)19(27)29-21(4,5)6/h7-11,15,17H,12-13,22H2,1-6H3,(H,24,25)/t15-,17?/m0/s1/i7D,8D,9D,10D,11D. The van der Waals surface area contributed by atoms with Gasteiger partial charge in [-0.15, -0.1) is 0 Å². The molecule has 29 heavy (non-hydrogen) atoms. The maximum absolute atomic E-state index is 13.1. The topological polar surface area (TPSA) is 119 Å². The molecule has 8 nitrogen and oxygen atoms in total. The van der Waals surface area contributed by atoms with Crippen molar-refractivity contribution in [1.29, 1.82) is 0 Å². The Bertz CT molecular complexity index is 929. The molecular weight excluding hydrogens is 376 g/mol. The van der Waals surface area contributed by atoms with E-state index in [2.05, 4.69) is 0 Å². The second kappa shape index (κ2) is 9.73. The molecule has 162 valence electrons. The van der Waals surface area contributed by atoms with Gasteiger partial charge in [-0.05, 0) is 47.1 Å². The van der Waals surface area contributed by atoms with Crippen LogP contribution in [0.4, 0.5) is 4.79 Å². The minimum absolute atomic E-state index is 0.360. The van der Waals surface area contributed by atoms with Gasteiger partial charge >= 0.3 is 18.0 Å². The van der Waals surface area contributed by atoms with Crippen molar-refractivity contribution in [2.75, 3.05) is 13.1 Å². The van der Waals surface area contributed by atoms with E-state index in [-0.39, 0.29) is 5.56 Å². The van der Waals surface area contributed by atoms with E-state index < -0.39 is 84.5 Å². The first-order chi connectivity index (χ1) is 15.3. The highest BCUT2D eigenvalue weighted by Crippen LogP contribution is 2.25. The maximum atomic E-state index is 13.1. The number of hydrogen-bond acceptors (Lipinski definition) is 6. The van der Waals surface area contributed by atoms with Gasteiger partial charge in [0.1, 0.15) is 17.7 Å². The van der Waals surface area contributed by atoms with E-state index in [1.165, 1.54) is 0 Å². The number of carbonyl (C=O) groups excluding carboxylic acids is 2. The summed E-state index contributed by atoms with van der Waals surface area (Å²) in [5.41, 5.74) is 3.94. The average molecular weight is 414 g/mol. The monoisotopic (exact) mass is 413 g/mol. The number of nitrogens with two attached hydrogens (primary N) is 1. The van der Waals surface area contributed by atoms with Crippen LogP contribution in [0.2, 0.25) is 0 Å². The van der Waals surface area contributed by atoms with Crippen LogP contribution in [0.3, 0.4) is 0 Å². The molecule has 0 aliphatic rings. The van der Waals surface area contributed by atoms with Gasteiger partial charge in [0, 0.05) is 12.6 Å². The van der Waals surface area contributed by atoms with Crippen LogP contribution in [0.1, 0.15) is 60.0 Å². The van der Waals surface area contributed by atoms with Gasteiger partial charge in [0.2, 0.25) is 0 Å². The molecule has 0 saturated carbocycles. The number of aliphatic carboxylic acids is 1. The van der Waals surface area contributed by atoms with Crippen molar-refractivity contribution < 1.29 is 35.8 Å². The summed E-state index contributed by atoms with van der Waals surface area (Å²) in [6.45, 7) is 8.05. The molecule has 0 spiro atoms. The van der Waals surface area contributed by atoms with Gasteiger partial charge in [0.25, 0.3) is 0 Å². The van der Waals surface area contributed by atoms with E-state index >= 15 is 0 Å². The summed E-state index contributed by atoms with van der Waals surface area (Å²) in [6, 6.07) is -4.69. The fourth-order valence-electron chi connectivity index (χ4n) is 2.27. The Morgan fingerprint density at radius 2 is 1.59 bits per heavy atom. The van der Waals surface area contributed by atoms with Gasteiger partial charge in [-0.1, -0.05) is 30.2 Å². The van der Waals surface area contributed by atoms with Crippen molar-refractivity contribution in [1.82, 2.24) is 4.90 Å². The molecule has 0 aromatic heterocycles. The van der Waals surface area contributed by atoms with Crippen LogP contribution in [-0.4, -0.2) is 52.3 Å². The summed E-state index contributed by atoms with van der Waals surface area (Å²) >= 11 is 0. The Labute approximate surface area is 179 Å². The SMILES string of the molecule is [2H]c1c([2H])c([2H])c(C(N)[C@H](CN(CC(=O)O)C(=O)OC(C)(C)C)C(=O)OC(C)(C)C)c([2H])c1[2H]. The van der Waals surface area contributed by atoms with Crippen molar-refractivity contribution in [2.45, 2.75) is 58.8 Å². The fourth-order valence-corrected chi connectivity index (χ4v) is 2.27. The van der Waals surface area contributed by atoms with E-state index in [1.54, 1.807) is 41.5 Å². The summed E-state index contributed by atoms with van der Waals surface area (Å²) in [6.07, 6.45) is -1.03. The van der Waals surface area contributed by atoms with Gasteiger partial charge in [0.05, 0.1) is 12.8 Å². The molecule has 1 aromatic carbocycles. The third-order valence-corrected chi connectivity index (χ3v) is 3.39. The second-order valence-corrected chi connectivity index (χ2v) is 8.46. The van der Waals surface area contributed by atoms with E-state index in [9.17, 15) is 19.5 Å². The largest absolute Gasteiger partial charge is 0.480 e. The van der Waals surface area contributed by atoms with Crippen LogP contribution >= 0.6 is 0 Å². The molecule has 3 N–H and O–H groups in total. The highest BCUT2D eigenvalue weighted by Gasteiger charge is 2.36. The van der Waals surface area contributed by atoms with Crippen LogP contribution in [0.25, 0.3) is 0 Å². The normalized spacial score (nSPS) is 16.3. The molecule has 0 saturated heterocycles. The highest BCUT2D eigenvalue weighted by atomic mass is 16.6. The molecule has 0 fully saturated rings. The first-order valence-corrected chi connectivity index (χ1v) is 9.01. The van der Waals surface area contributed by atoms with E-state index in [1.807, 2.05) is 0 Å². The number of nitrogens with zero attached hydrogens (tertiary/aromatic N) is 1. The molecule has 1 amide bonds. The Morgan fingerprint density at radius 1 is 1.07 bits per heavy atom. The molecule has 1 aromatic rings. The Morgan fingerprint density at radius 3 is 2.03 bits per heavy atom. The number of amides is 1. The van der Waals surface area contributed by atoms with E-state index in [4.69, 9.17) is 22.1 Å². The summed E-state index contributed by atoms with van der Waals surface area (Å²) < 4.78 is 50.5. The minimum Gasteiger partial charge on any atom is -0.480 e. The number of benzene rings is 1. The Balaban J connectivity index is 3.59. The molecule has 1 rings (SSSR count). The molecule has 0 aliphatic carbocycles. The molecule has 2 atom stereocenters. The number of esters is 1. The Kier molecular flexibility index (Phi) is 5.80. The van der Waals surface area contributed by atoms with Crippen LogP contribution < -0.4 is 5.73 Å². The van der Waals surface area contributed by atoms with Gasteiger partial charge in [-0.2, -0.15) is 0 Å². The van der Waals surface area contributed by atoms with Crippen LogP contribution in [0, 0.1) is 5.92 Å². The summed E-state index contributed by atoms with van der Waals surface area (Å²) in [5.74, 6) is -3.80. The fraction of sp³-hybridized carbons (Fsp3) is 0.571. The van der Waals surface area contributed by atoms with Crippen molar-refractivity contribution in [2.24, 2.45) is 11.7 Å². The number of rotatable bonds is 7. The zero-order chi connectivity index (χ0) is 26.8. The molecule has 8 heteroatoms. The summed E-state index contributed by atoms with van der Waals surface area (Å²) in [5, 5.41) is 9.29. The third-order valence-electron chi connectivity index (χ3n) is 3.39. The lowest BCUT2D eigenvalue weighted by atomic mass is 9.93. The number of carboxylic acids is 1. The molecule has 0 radical (unpaired) electrons. The number of ether oxygens (including phenoxy) is 2. The third kappa shape index (κ3) is 8.95. The van der Waals surface area contributed by atoms with Crippen molar-refractivity contribution >= 4 is 18.0 Å². The quantitative estimate of drug-likeness (QED) is 0.660. The van der Waals surface area contributed by atoms with Crippen LogP contribution in [-0.2, 0) is 19.1 Å². The predicted octanol–water partition coefficient (Wildman–Crippen LogP) is 2.97. The highest BCUT2D eigenvalue weighted by molar-refractivity contribution is 5.79. The number of hydrogen-bond donors (Lipinski definition) is 2. The first kappa shape index (κ1) is 17.3. The lowest BCUT2D eigenvalue weighted by Crippen LogP contribution is -2.47. The van der Waals surface area contributed by atoms with Gasteiger partial charge in [-0.25, -0.2) is 4.79 Å². The molecule has 0 bridgehead atoms. The minimum atomic E-state index is -1.53. The van der Waals surface area contributed by atoms with Gasteiger partial charge in [0.15, 0.2) is 0 Å². The van der Waals surface area contributed by atoms with Gasteiger partial charge in [-0.3, -0.25) is 14.5 Å². The maximum Gasteiger partial charge on any atom is 0.410 e. The second-order valence-electron chi connectivity index (χ2n) is 8.46. The molecule has 0 aliphatic heterocycles. The Hall–Kier alpha value is -2.61. The molecular formula is C21H32N2O6. The smallest absolute Gasteiger partial charge is 0.410 e. The summed E-state index contributed by atoms with van der Waals surface area (Å²) in [7, 11) is 0. The van der Waals surface area contributed by atoms with Crippen LogP contribution in [0.5, 0.6) is 0 Å². The molecule has 1 unspecified atom stereocenters. The van der Waals surface area contributed by atoms with Crippen LogP contribution in [0.15, 0.2) is 30.2 Å². The van der Waals surface area contributed by atoms with Crippen molar-refractivity contribution in [3.05, 3.63) is 35.8 Å². The van der Waals surface area contributed by atoms with Crippen molar-refractivity contribution in [3.63, 3.8) is 0 Å². The van der Waals surface area contributed by atoms with E-state index in [0.717, 1.165) is 4.90 Å². The molecule has 0 heterocycles. The lowest BCUT2D eigenvalue weighted by molar-refractivity contribution is -0.162. The lowest BCUT2D eigenvalue weighted by Gasteiger charge is -2.32. The zero-order valence-electron chi connectivity index (χ0n) is 22.6. The average Bonchev–Trinajstić information content (AvgIpc) is 2.64. The predicted molar refractivity (Wildman–Crippen MR) is 108 cm³/mol. The van der Waals surface area contributed by atoms with Gasteiger partial charge < -0.3 is 20.3 Å².